The fraction of sp³-hybridized carbons (Fsp3) is 0.636. The number of carbonyl (C=O) groups excluding carboxylic acids is 2. The molecule has 2 amide bonds. The number of likely N-dealkylation sites (tertiary alicyclic amines) is 1. The summed E-state index contributed by atoms with van der Waals surface area (Å²) >= 11 is 0. The molecule has 1 aromatic carbocycles. The quantitative estimate of drug-likeness (QED) is 0.767. The Hall–Kier alpha value is -2.08. The molecule has 156 valence electrons. The predicted molar refractivity (Wildman–Crippen MR) is 113 cm³/mol. The molecule has 1 aromatic rings. The average Bonchev–Trinajstić information content (AvgIpc) is 2.61. The van der Waals surface area contributed by atoms with Gasteiger partial charge in [-0.2, -0.15) is 0 Å². The van der Waals surface area contributed by atoms with Crippen LogP contribution in [0.4, 0.5) is 10.5 Å². The first kappa shape index (κ1) is 22.2. The lowest BCUT2D eigenvalue weighted by molar-refractivity contribution is -0.117. The Morgan fingerprint density at radius 3 is 2.32 bits per heavy atom. The van der Waals surface area contributed by atoms with Crippen molar-refractivity contribution in [3.63, 3.8) is 0 Å². The van der Waals surface area contributed by atoms with Gasteiger partial charge in [0.1, 0.15) is 5.60 Å². The summed E-state index contributed by atoms with van der Waals surface area (Å²) in [6.07, 6.45) is 2.36. The minimum atomic E-state index is -0.490. The molecule has 0 aliphatic carbocycles. The molecule has 1 aliphatic rings. The van der Waals surface area contributed by atoms with E-state index in [1.54, 1.807) is 0 Å². The highest BCUT2D eigenvalue weighted by molar-refractivity contribution is 5.92. The van der Waals surface area contributed by atoms with Crippen LogP contribution in [0, 0.1) is 0 Å². The highest BCUT2D eigenvalue weighted by Crippen LogP contribution is 2.20. The number of nitrogens with one attached hydrogen (secondary N) is 2. The van der Waals surface area contributed by atoms with Crippen molar-refractivity contribution in [3.05, 3.63) is 29.8 Å². The van der Waals surface area contributed by atoms with Crippen molar-refractivity contribution in [2.45, 2.75) is 71.4 Å². The van der Waals surface area contributed by atoms with Crippen LogP contribution in [0.1, 0.15) is 65.4 Å². The summed E-state index contributed by atoms with van der Waals surface area (Å²) in [7, 11) is 0. The van der Waals surface area contributed by atoms with Crippen molar-refractivity contribution in [1.82, 2.24) is 10.2 Å². The average molecular weight is 390 g/mol. The zero-order valence-electron chi connectivity index (χ0n) is 17.9. The summed E-state index contributed by atoms with van der Waals surface area (Å²) in [6.45, 7) is 11.9. The zero-order valence-corrected chi connectivity index (χ0v) is 17.9. The van der Waals surface area contributed by atoms with Crippen LogP contribution in [0.3, 0.4) is 0 Å². The van der Waals surface area contributed by atoms with E-state index in [1.165, 1.54) is 5.56 Å². The number of benzene rings is 1. The Kier molecular flexibility index (Phi) is 7.87. The number of ether oxygens (including phenoxy) is 1. The molecule has 6 heteroatoms. The summed E-state index contributed by atoms with van der Waals surface area (Å²) in [6, 6.07) is 8.20. The Bertz CT molecular complexity index is 644. The lowest BCUT2D eigenvalue weighted by Crippen LogP contribution is -2.47. The van der Waals surface area contributed by atoms with Crippen LogP contribution in [-0.2, 0) is 9.53 Å². The number of alkyl carbamates (subject to hydrolysis) is 1. The number of nitrogens with zero attached hydrogens (tertiary/aromatic N) is 1. The van der Waals surface area contributed by atoms with Crippen LogP contribution >= 0.6 is 0 Å². The van der Waals surface area contributed by atoms with Gasteiger partial charge >= 0.3 is 6.09 Å². The first-order chi connectivity index (χ1) is 13.2. The molecule has 1 aliphatic heterocycles. The van der Waals surface area contributed by atoms with E-state index in [0.717, 1.165) is 38.0 Å². The Balaban J connectivity index is 1.72. The molecule has 0 radical (unpaired) electrons. The summed E-state index contributed by atoms with van der Waals surface area (Å²) < 4.78 is 5.30. The van der Waals surface area contributed by atoms with Crippen molar-refractivity contribution in [2.75, 3.05) is 25.0 Å². The summed E-state index contributed by atoms with van der Waals surface area (Å²) in [5.41, 5.74) is 1.63. The van der Waals surface area contributed by atoms with E-state index in [0.29, 0.717) is 12.5 Å². The molecule has 0 bridgehead atoms. The molecule has 28 heavy (non-hydrogen) atoms. The molecule has 1 saturated heterocycles. The minimum absolute atomic E-state index is 0.00478. The largest absolute Gasteiger partial charge is 0.444 e. The fourth-order valence-corrected chi connectivity index (χ4v) is 3.24. The number of anilines is 1. The molecule has 0 saturated carbocycles. The van der Waals surface area contributed by atoms with Gasteiger partial charge in [0.2, 0.25) is 5.91 Å². The van der Waals surface area contributed by atoms with Gasteiger partial charge in [-0.15, -0.1) is 0 Å². The van der Waals surface area contributed by atoms with Crippen molar-refractivity contribution in [3.8, 4) is 0 Å². The lowest BCUT2D eigenvalue weighted by atomic mass is 9.99. The molecule has 0 spiro atoms. The predicted octanol–water partition coefficient (Wildman–Crippen LogP) is 4.13. The highest BCUT2D eigenvalue weighted by atomic mass is 16.6. The molecule has 0 aromatic heterocycles. The molecule has 1 fully saturated rings. The molecule has 2 N–H and O–H groups in total. The van der Waals surface area contributed by atoms with Crippen molar-refractivity contribution >= 4 is 17.7 Å². The molecule has 1 unspecified atom stereocenters. The third-order valence-electron chi connectivity index (χ3n) is 5.05. The SMILES string of the molecule is CCC(C)c1ccc(NC(=O)CN2CCC(NC(=O)OC(C)(C)C)CC2)cc1. The van der Waals surface area contributed by atoms with Gasteiger partial charge in [0.05, 0.1) is 6.54 Å². The van der Waals surface area contributed by atoms with Crippen LogP contribution < -0.4 is 10.6 Å². The van der Waals surface area contributed by atoms with E-state index in [4.69, 9.17) is 4.74 Å². The third kappa shape index (κ3) is 7.50. The first-order valence-corrected chi connectivity index (χ1v) is 10.3. The number of piperidine rings is 1. The van der Waals surface area contributed by atoms with Gasteiger partial charge in [-0.1, -0.05) is 26.0 Å². The van der Waals surface area contributed by atoms with E-state index in [1.807, 2.05) is 32.9 Å². The highest BCUT2D eigenvalue weighted by Gasteiger charge is 2.24. The van der Waals surface area contributed by atoms with E-state index in [-0.39, 0.29) is 18.0 Å². The van der Waals surface area contributed by atoms with Crippen molar-refractivity contribution < 1.29 is 14.3 Å². The Morgan fingerprint density at radius 2 is 1.79 bits per heavy atom. The maximum Gasteiger partial charge on any atom is 0.407 e. The Morgan fingerprint density at radius 1 is 1.18 bits per heavy atom. The monoisotopic (exact) mass is 389 g/mol. The maximum absolute atomic E-state index is 12.3. The van der Waals surface area contributed by atoms with Gasteiger partial charge in [-0.25, -0.2) is 4.79 Å². The first-order valence-electron chi connectivity index (χ1n) is 10.3. The molecular formula is C22H35N3O3. The van der Waals surface area contributed by atoms with Gasteiger partial charge in [0, 0.05) is 24.8 Å². The molecule has 2 rings (SSSR count). The maximum atomic E-state index is 12.3. The molecule has 6 nitrogen and oxygen atoms in total. The number of amides is 2. The number of carbonyl (C=O) groups is 2. The molecule has 1 heterocycles. The lowest BCUT2D eigenvalue weighted by Gasteiger charge is -2.32. The second kappa shape index (κ2) is 9.92. The number of hydrogen-bond donors (Lipinski definition) is 2. The molecular weight excluding hydrogens is 354 g/mol. The second-order valence-electron chi connectivity index (χ2n) is 8.68. The number of hydrogen-bond acceptors (Lipinski definition) is 4. The summed E-state index contributed by atoms with van der Waals surface area (Å²) in [5, 5.41) is 5.89. The van der Waals surface area contributed by atoms with E-state index < -0.39 is 5.60 Å². The Labute approximate surface area is 169 Å². The normalized spacial score (nSPS) is 17.0. The summed E-state index contributed by atoms with van der Waals surface area (Å²) in [4.78, 5) is 26.3. The standard InChI is InChI=1S/C22H35N3O3/c1-6-16(2)17-7-9-18(10-8-17)23-20(26)15-25-13-11-19(12-14-25)24-21(27)28-22(3,4)5/h7-10,16,19H,6,11-15H2,1-5H3,(H,23,26)(H,24,27). The van der Waals surface area contributed by atoms with Gasteiger partial charge < -0.3 is 15.4 Å². The van der Waals surface area contributed by atoms with Crippen LogP contribution in [-0.4, -0.2) is 48.2 Å². The van der Waals surface area contributed by atoms with Crippen LogP contribution in [0.2, 0.25) is 0 Å². The van der Waals surface area contributed by atoms with E-state index in [9.17, 15) is 9.59 Å². The minimum Gasteiger partial charge on any atom is -0.444 e. The topological polar surface area (TPSA) is 70.7 Å². The van der Waals surface area contributed by atoms with Crippen LogP contribution in [0.25, 0.3) is 0 Å². The fourth-order valence-electron chi connectivity index (χ4n) is 3.24. The van der Waals surface area contributed by atoms with Crippen molar-refractivity contribution in [1.29, 1.82) is 0 Å². The van der Waals surface area contributed by atoms with Crippen LogP contribution in [0.5, 0.6) is 0 Å². The van der Waals surface area contributed by atoms with Gasteiger partial charge in [0.25, 0.3) is 0 Å². The third-order valence-corrected chi connectivity index (χ3v) is 5.05. The van der Waals surface area contributed by atoms with Crippen LogP contribution in [0.15, 0.2) is 24.3 Å². The summed E-state index contributed by atoms with van der Waals surface area (Å²) in [5.74, 6) is 0.523. The smallest absolute Gasteiger partial charge is 0.407 e. The van der Waals surface area contributed by atoms with Gasteiger partial charge in [-0.05, 0) is 63.6 Å². The van der Waals surface area contributed by atoms with E-state index in [2.05, 4.69) is 41.5 Å². The van der Waals surface area contributed by atoms with Gasteiger partial charge in [-0.3, -0.25) is 9.69 Å². The van der Waals surface area contributed by atoms with Gasteiger partial charge in [0.15, 0.2) is 0 Å². The number of rotatable bonds is 6. The zero-order chi connectivity index (χ0) is 20.7. The molecule has 1 atom stereocenters. The second-order valence-corrected chi connectivity index (χ2v) is 8.68. The van der Waals surface area contributed by atoms with E-state index >= 15 is 0 Å². The van der Waals surface area contributed by atoms with Crippen molar-refractivity contribution in [2.24, 2.45) is 0 Å².